The summed E-state index contributed by atoms with van der Waals surface area (Å²) in [4.78, 5) is 0. The molecule has 0 aliphatic heterocycles. The van der Waals surface area contributed by atoms with Crippen molar-refractivity contribution in [2.45, 2.75) is 38.3 Å². The Morgan fingerprint density at radius 3 is 2.85 bits per heavy atom. The Labute approximate surface area is 119 Å². The average Bonchev–Trinajstić information content (AvgIpc) is 3.02. The van der Waals surface area contributed by atoms with Gasteiger partial charge in [-0.1, -0.05) is 24.3 Å². The zero-order valence-corrected chi connectivity index (χ0v) is 12.0. The van der Waals surface area contributed by atoms with Crippen molar-refractivity contribution in [1.29, 1.82) is 0 Å². The second kappa shape index (κ2) is 5.08. The van der Waals surface area contributed by atoms with Gasteiger partial charge in [0.15, 0.2) is 0 Å². The summed E-state index contributed by atoms with van der Waals surface area (Å²) in [5.74, 6) is 1.83. The lowest BCUT2D eigenvalue weighted by atomic mass is 9.95. The maximum absolute atomic E-state index is 10.9. The van der Waals surface area contributed by atoms with Crippen molar-refractivity contribution >= 4 is 0 Å². The van der Waals surface area contributed by atoms with Crippen molar-refractivity contribution in [3.8, 4) is 0 Å². The van der Waals surface area contributed by atoms with E-state index in [9.17, 15) is 5.11 Å². The van der Waals surface area contributed by atoms with Crippen LogP contribution in [0.25, 0.3) is 0 Å². The Hall–Kier alpha value is -1.58. The first-order valence-corrected chi connectivity index (χ1v) is 7.19. The molecular formula is C17H21NO2. The molecule has 0 radical (unpaired) electrons. The number of hydrogen-bond donors (Lipinski definition) is 2. The largest absolute Gasteiger partial charge is 0.465 e. The van der Waals surface area contributed by atoms with Crippen LogP contribution in [0.4, 0.5) is 0 Å². The lowest BCUT2D eigenvalue weighted by Gasteiger charge is -2.26. The summed E-state index contributed by atoms with van der Waals surface area (Å²) in [6.45, 7) is 4.55. The minimum Gasteiger partial charge on any atom is -0.465 e. The van der Waals surface area contributed by atoms with Crippen LogP contribution < -0.4 is 5.32 Å². The van der Waals surface area contributed by atoms with E-state index in [4.69, 9.17) is 4.42 Å². The summed E-state index contributed by atoms with van der Waals surface area (Å²) in [7, 11) is 0. The van der Waals surface area contributed by atoms with Gasteiger partial charge in [0.1, 0.15) is 17.1 Å². The molecule has 0 amide bonds. The van der Waals surface area contributed by atoms with Crippen LogP contribution in [0.2, 0.25) is 0 Å². The molecule has 0 saturated heterocycles. The van der Waals surface area contributed by atoms with Gasteiger partial charge in [0.25, 0.3) is 0 Å². The molecule has 0 saturated carbocycles. The molecule has 2 atom stereocenters. The lowest BCUT2D eigenvalue weighted by Crippen LogP contribution is -2.37. The fraction of sp³-hybridized carbons (Fsp3) is 0.412. The predicted octanol–water partition coefficient (Wildman–Crippen LogP) is 3.07. The van der Waals surface area contributed by atoms with Crippen molar-refractivity contribution in [1.82, 2.24) is 5.32 Å². The number of aliphatic hydroxyl groups is 1. The Balaban J connectivity index is 1.70. The van der Waals surface area contributed by atoms with Crippen LogP contribution in [0.1, 0.15) is 42.0 Å². The number of nitrogens with one attached hydrogen (secondary N) is 1. The first-order valence-electron chi connectivity index (χ1n) is 7.19. The number of hydrogen-bond acceptors (Lipinski definition) is 3. The second-order valence-corrected chi connectivity index (χ2v) is 5.74. The standard InChI is InChI=1S/C17H21NO2/c1-12-7-8-16(20-12)13(2)18-11-17(19)10-9-14-5-3-4-6-15(14)17/h3-8,13,18-19H,9-11H2,1-2H3. The van der Waals surface area contributed by atoms with E-state index in [2.05, 4.69) is 18.3 Å². The molecule has 1 aromatic carbocycles. The Morgan fingerprint density at radius 1 is 1.30 bits per heavy atom. The summed E-state index contributed by atoms with van der Waals surface area (Å²) in [6.07, 6.45) is 1.73. The van der Waals surface area contributed by atoms with Crippen molar-refractivity contribution in [3.63, 3.8) is 0 Å². The molecule has 3 heteroatoms. The maximum Gasteiger partial charge on any atom is 0.120 e. The normalized spacial score (nSPS) is 22.8. The van der Waals surface area contributed by atoms with Crippen molar-refractivity contribution in [3.05, 3.63) is 59.0 Å². The van der Waals surface area contributed by atoms with E-state index in [0.29, 0.717) is 6.54 Å². The monoisotopic (exact) mass is 271 g/mol. The molecular weight excluding hydrogens is 250 g/mol. The highest BCUT2D eigenvalue weighted by Crippen LogP contribution is 2.36. The van der Waals surface area contributed by atoms with Gasteiger partial charge in [0.2, 0.25) is 0 Å². The van der Waals surface area contributed by atoms with Crippen LogP contribution >= 0.6 is 0 Å². The third-order valence-electron chi connectivity index (χ3n) is 4.22. The van der Waals surface area contributed by atoms with Crippen LogP contribution in [0, 0.1) is 6.92 Å². The molecule has 2 unspecified atom stereocenters. The molecule has 2 N–H and O–H groups in total. The van der Waals surface area contributed by atoms with Gasteiger partial charge in [-0.15, -0.1) is 0 Å². The molecule has 2 aromatic rings. The number of fused-ring (bicyclic) bond motifs is 1. The average molecular weight is 271 g/mol. The molecule has 3 rings (SSSR count). The summed E-state index contributed by atoms with van der Waals surface area (Å²) >= 11 is 0. The van der Waals surface area contributed by atoms with Gasteiger partial charge in [-0.05, 0) is 49.9 Å². The predicted molar refractivity (Wildman–Crippen MR) is 78.5 cm³/mol. The SMILES string of the molecule is Cc1ccc(C(C)NCC2(O)CCc3ccccc32)o1. The summed E-state index contributed by atoms with van der Waals surface area (Å²) in [6, 6.07) is 12.2. The quantitative estimate of drug-likeness (QED) is 0.898. The second-order valence-electron chi connectivity index (χ2n) is 5.74. The highest BCUT2D eigenvalue weighted by molar-refractivity contribution is 5.37. The molecule has 1 aromatic heterocycles. The highest BCUT2D eigenvalue weighted by atomic mass is 16.3. The van der Waals surface area contributed by atoms with Gasteiger partial charge in [-0.25, -0.2) is 0 Å². The fourth-order valence-corrected chi connectivity index (χ4v) is 2.96. The van der Waals surface area contributed by atoms with E-state index in [1.807, 2.05) is 37.3 Å². The summed E-state index contributed by atoms with van der Waals surface area (Å²) in [5.41, 5.74) is 1.57. The van der Waals surface area contributed by atoms with Crippen LogP contribution in [0.3, 0.4) is 0 Å². The number of aryl methyl sites for hydroxylation is 2. The van der Waals surface area contributed by atoms with Crippen molar-refractivity contribution in [2.24, 2.45) is 0 Å². The first kappa shape index (κ1) is 13.4. The molecule has 0 spiro atoms. The third-order valence-corrected chi connectivity index (χ3v) is 4.22. The van der Waals surface area contributed by atoms with E-state index in [-0.39, 0.29) is 6.04 Å². The Morgan fingerprint density at radius 2 is 2.10 bits per heavy atom. The van der Waals surface area contributed by atoms with Crippen LogP contribution in [-0.4, -0.2) is 11.7 Å². The molecule has 3 nitrogen and oxygen atoms in total. The van der Waals surface area contributed by atoms with Gasteiger partial charge >= 0.3 is 0 Å². The first-order chi connectivity index (χ1) is 9.58. The smallest absolute Gasteiger partial charge is 0.120 e. The van der Waals surface area contributed by atoms with Crippen LogP contribution in [0.15, 0.2) is 40.8 Å². The molecule has 0 fully saturated rings. The van der Waals surface area contributed by atoms with Gasteiger partial charge < -0.3 is 14.8 Å². The van der Waals surface area contributed by atoms with Crippen LogP contribution in [0.5, 0.6) is 0 Å². The number of benzene rings is 1. The van der Waals surface area contributed by atoms with Gasteiger partial charge in [-0.3, -0.25) is 0 Å². The topological polar surface area (TPSA) is 45.4 Å². The zero-order chi connectivity index (χ0) is 14.2. The maximum atomic E-state index is 10.9. The summed E-state index contributed by atoms with van der Waals surface area (Å²) in [5, 5.41) is 14.2. The highest BCUT2D eigenvalue weighted by Gasteiger charge is 2.36. The molecule has 106 valence electrons. The van der Waals surface area contributed by atoms with E-state index in [1.165, 1.54) is 5.56 Å². The van der Waals surface area contributed by atoms with Crippen molar-refractivity contribution < 1.29 is 9.52 Å². The van der Waals surface area contributed by atoms with Crippen molar-refractivity contribution in [2.75, 3.05) is 6.54 Å². The molecule has 0 bridgehead atoms. The minimum atomic E-state index is -0.757. The Bertz CT molecular complexity index is 605. The Kier molecular flexibility index (Phi) is 3.40. The number of furan rings is 1. The van der Waals surface area contributed by atoms with Gasteiger partial charge in [0.05, 0.1) is 6.04 Å². The van der Waals surface area contributed by atoms with E-state index in [0.717, 1.165) is 29.9 Å². The molecule has 1 aliphatic carbocycles. The van der Waals surface area contributed by atoms with Gasteiger partial charge in [0, 0.05) is 6.54 Å². The van der Waals surface area contributed by atoms with E-state index in [1.54, 1.807) is 0 Å². The molecule has 1 heterocycles. The molecule has 1 aliphatic rings. The zero-order valence-electron chi connectivity index (χ0n) is 12.0. The number of rotatable bonds is 4. The fourth-order valence-electron chi connectivity index (χ4n) is 2.96. The summed E-state index contributed by atoms with van der Waals surface area (Å²) < 4.78 is 5.62. The minimum absolute atomic E-state index is 0.0977. The van der Waals surface area contributed by atoms with E-state index < -0.39 is 5.60 Å². The lowest BCUT2D eigenvalue weighted by molar-refractivity contribution is 0.0357. The van der Waals surface area contributed by atoms with Gasteiger partial charge in [-0.2, -0.15) is 0 Å². The third kappa shape index (κ3) is 2.39. The van der Waals surface area contributed by atoms with E-state index >= 15 is 0 Å². The van der Waals surface area contributed by atoms with Crippen LogP contribution in [-0.2, 0) is 12.0 Å². The molecule has 20 heavy (non-hydrogen) atoms.